The van der Waals surface area contributed by atoms with Gasteiger partial charge in [-0.2, -0.15) is 0 Å². The smallest absolute Gasteiger partial charge is 0.251 e. The molecule has 2 aromatic rings. The van der Waals surface area contributed by atoms with E-state index in [1.54, 1.807) is 0 Å². The van der Waals surface area contributed by atoms with Crippen molar-refractivity contribution in [1.82, 2.24) is 5.32 Å². The Morgan fingerprint density at radius 1 is 1.20 bits per heavy atom. The quantitative estimate of drug-likeness (QED) is 0.901. The molecule has 3 N–H and O–H groups in total. The summed E-state index contributed by atoms with van der Waals surface area (Å²) in [6.07, 6.45) is 0. The molecular formula is C15H14BrFN2O. The van der Waals surface area contributed by atoms with Crippen LogP contribution in [0.4, 0.5) is 4.39 Å². The minimum atomic E-state index is -0.393. The Morgan fingerprint density at radius 3 is 2.55 bits per heavy atom. The second-order valence-corrected chi connectivity index (χ2v) is 5.14. The van der Waals surface area contributed by atoms with Gasteiger partial charge >= 0.3 is 0 Å². The highest BCUT2D eigenvalue weighted by Crippen LogP contribution is 2.17. The lowest BCUT2D eigenvalue weighted by atomic mass is 10.1. The third-order valence-electron chi connectivity index (χ3n) is 2.96. The summed E-state index contributed by atoms with van der Waals surface area (Å²) in [5, 5.41) is 2.80. The van der Waals surface area contributed by atoms with E-state index in [0.29, 0.717) is 18.7 Å². The Morgan fingerprint density at radius 2 is 1.90 bits per heavy atom. The van der Waals surface area contributed by atoms with E-state index in [1.165, 1.54) is 18.2 Å². The Kier molecular flexibility index (Phi) is 4.87. The van der Waals surface area contributed by atoms with E-state index in [9.17, 15) is 9.18 Å². The normalized spacial score (nSPS) is 10.3. The molecule has 5 heteroatoms. The summed E-state index contributed by atoms with van der Waals surface area (Å²) in [6, 6.07) is 11.8. The molecule has 0 saturated heterocycles. The van der Waals surface area contributed by atoms with E-state index in [-0.39, 0.29) is 10.4 Å². The molecule has 20 heavy (non-hydrogen) atoms. The maximum Gasteiger partial charge on any atom is 0.251 e. The second kappa shape index (κ2) is 6.63. The van der Waals surface area contributed by atoms with Crippen molar-refractivity contribution in [2.75, 3.05) is 0 Å². The molecule has 0 aromatic heterocycles. The Balaban J connectivity index is 2.06. The number of carbonyl (C=O) groups excluding carboxylic acids is 1. The SMILES string of the molecule is NCc1ccccc1CNC(=O)c1ccc(F)c(Br)c1. The molecule has 3 nitrogen and oxygen atoms in total. The maximum atomic E-state index is 13.1. The first-order chi connectivity index (χ1) is 9.61. The Hall–Kier alpha value is -1.72. The fraction of sp³-hybridized carbons (Fsp3) is 0.133. The van der Waals surface area contributed by atoms with Crippen molar-refractivity contribution in [1.29, 1.82) is 0 Å². The van der Waals surface area contributed by atoms with Crippen LogP contribution in [0.3, 0.4) is 0 Å². The molecule has 0 bridgehead atoms. The number of halogens is 2. The van der Waals surface area contributed by atoms with Crippen molar-refractivity contribution in [3.05, 3.63) is 69.4 Å². The van der Waals surface area contributed by atoms with Crippen LogP contribution < -0.4 is 11.1 Å². The van der Waals surface area contributed by atoms with Crippen LogP contribution in [-0.4, -0.2) is 5.91 Å². The molecule has 0 unspecified atom stereocenters. The van der Waals surface area contributed by atoms with E-state index >= 15 is 0 Å². The van der Waals surface area contributed by atoms with Gasteiger partial charge in [-0.15, -0.1) is 0 Å². The lowest BCUT2D eigenvalue weighted by molar-refractivity contribution is 0.0950. The van der Waals surface area contributed by atoms with E-state index in [1.807, 2.05) is 24.3 Å². The molecule has 0 fully saturated rings. The lowest BCUT2D eigenvalue weighted by Gasteiger charge is -2.09. The zero-order chi connectivity index (χ0) is 14.5. The number of rotatable bonds is 4. The average Bonchev–Trinajstić information content (AvgIpc) is 2.47. The summed E-state index contributed by atoms with van der Waals surface area (Å²) in [5.74, 6) is -0.646. The van der Waals surface area contributed by atoms with Gasteiger partial charge in [0.1, 0.15) is 5.82 Å². The standard InChI is InChI=1S/C15H14BrFN2O/c16-13-7-10(5-6-14(13)17)15(20)19-9-12-4-2-1-3-11(12)8-18/h1-7H,8-9,18H2,(H,19,20). The highest BCUT2D eigenvalue weighted by atomic mass is 79.9. The Labute approximate surface area is 125 Å². The predicted molar refractivity (Wildman–Crippen MR) is 79.6 cm³/mol. The molecule has 0 aliphatic carbocycles. The van der Waals surface area contributed by atoms with Gasteiger partial charge < -0.3 is 11.1 Å². The zero-order valence-corrected chi connectivity index (χ0v) is 12.3. The molecule has 1 amide bonds. The summed E-state index contributed by atoms with van der Waals surface area (Å²) >= 11 is 3.06. The Bertz CT molecular complexity index is 631. The van der Waals surface area contributed by atoms with E-state index in [2.05, 4.69) is 21.2 Å². The number of nitrogens with two attached hydrogens (primary N) is 1. The molecule has 0 saturated carbocycles. The summed E-state index contributed by atoms with van der Waals surface area (Å²) in [7, 11) is 0. The predicted octanol–water partition coefficient (Wildman–Crippen LogP) is 2.98. The maximum absolute atomic E-state index is 13.1. The van der Waals surface area contributed by atoms with Crippen LogP contribution in [0, 0.1) is 5.82 Å². The molecule has 0 heterocycles. The van der Waals surface area contributed by atoms with Crippen LogP contribution in [0.15, 0.2) is 46.9 Å². The van der Waals surface area contributed by atoms with E-state index in [4.69, 9.17) is 5.73 Å². The van der Waals surface area contributed by atoms with Crippen LogP contribution in [0.1, 0.15) is 21.5 Å². The number of carbonyl (C=O) groups is 1. The van der Waals surface area contributed by atoms with Gasteiger partial charge in [0, 0.05) is 18.7 Å². The fourth-order valence-electron chi connectivity index (χ4n) is 1.84. The zero-order valence-electron chi connectivity index (χ0n) is 10.7. The third kappa shape index (κ3) is 3.43. The number of hydrogen-bond donors (Lipinski definition) is 2. The number of benzene rings is 2. The first-order valence-electron chi connectivity index (χ1n) is 6.12. The fourth-order valence-corrected chi connectivity index (χ4v) is 2.22. The topological polar surface area (TPSA) is 55.1 Å². The summed E-state index contributed by atoms with van der Waals surface area (Å²) in [6.45, 7) is 0.815. The van der Waals surface area contributed by atoms with Gasteiger partial charge in [0.15, 0.2) is 0 Å². The highest BCUT2D eigenvalue weighted by molar-refractivity contribution is 9.10. The van der Waals surface area contributed by atoms with Gasteiger partial charge in [-0.3, -0.25) is 4.79 Å². The first kappa shape index (κ1) is 14.7. The second-order valence-electron chi connectivity index (χ2n) is 4.28. The van der Waals surface area contributed by atoms with E-state index < -0.39 is 5.82 Å². The highest BCUT2D eigenvalue weighted by Gasteiger charge is 2.09. The number of hydrogen-bond acceptors (Lipinski definition) is 2. The molecule has 104 valence electrons. The van der Waals surface area contributed by atoms with Crippen LogP contribution in [0.25, 0.3) is 0 Å². The van der Waals surface area contributed by atoms with Crippen molar-refractivity contribution in [2.45, 2.75) is 13.1 Å². The van der Waals surface area contributed by atoms with Crippen LogP contribution in [0.2, 0.25) is 0 Å². The van der Waals surface area contributed by atoms with Crippen LogP contribution >= 0.6 is 15.9 Å². The van der Waals surface area contributed by atoms with Crippen LogP contribution in [-0.2, 0) is 13.1 Å². The average molecular weight is 337 g/mol. The largest absolute Gasteiger partial charge is 0.348 e. The number of nitrogens with one attached hydrogen (secondary N) is 1. The van der Waals surface area contributed by atoms with Gasteiger partial charge in [-0.25, -0.2) is 4.39 Å². The van der Waals surface area contributed by atoms with Crippen molar-refractivity contribution in [3.63, 3.8) is 0 Å². The summed E-state index contributed by atoms with van der Waals surface area (Å²) in [5.41, 5.74) is 8.02. The van der Waals surface area contributed by atoms with Gasteiger partial charge in [0.05, 0.1) is 4.47 Å². The minimum Gasteiger partial charge on any atom is -0.348 e. The molecular weight excluding hydrogens is 323 g/mol. The van der Waals surface area contributed by atoms with Gasteiger partial charge in [-0.05, 0) is 45.3 Å². The van der Waals surface area contributed by atoms with Gasteiger partial charge in [-0.1, -0.05) is 24.3 Å². The van der Waals surface area contributed by atoms with Gasteiger partial charge in [0.25, 0.3) is 5.91 Å². The molecule has 0 atom stereocenters. The summed E-state index contributed by atoms with van der Waals surface area (Å²) in [4.78, 5) is 12.0. The minimum absolute atomic E-state index is 0.252. The van der Waals surface area contributed by atoms with Crippen LogP contribution in [0.5, 0.6) is 0 Å². The van der Waals surface area contributed by atoms with Crippen molar-refractivity contribution in [2.24, 2.45) is 5.73 Å². The monoisotopic (exact) mass is 336 g/mol. The first-order valence-corrected chi connectivity index (χ1v) is 6.91. The summed E-state index contributed by atoms with van der Waals surface area (Å²) < 4.78 is 13.4. The third-order valence-corrected chi connectivity index (χ3v) is 3.57. The van der Waals surface area contributed by atoms with Crippen molar-refractivity contribution < 1.29 is 9.18 Å². The molecule has 0 aliphatic heterocycles. The van der Waals surface area contributed by atoms with E-state index in [0.717, 1.165) is 11.1 Å². The van der Waals surface area contributed by atoms with Crippen molar-refractivity contribution in [3.8, 4) is 0 Å². The molecule has 0 aliphatic rings. The number of amides is 1. The van der Waals surface area contributed by atoms with Gasteiger partial charge in [0.2, 0.25) is 0 Å². The van der Waals surface area contributed by atoms with Crippen molar-refractivity contribution >= 4 is 21.8 Å². The molecule has 2 rings (SSSR count). The lowest BCUT2D eigenvalue weighted by Crippen LogP contribution is -2.23. The molecule has 0 radical (unpaired) electrons. The molecule has 2 aromatic carbocycles. The molecule has 0 spiro atoms.